The monoisotopic (exact) mass is 502 g/mol. The normalized spacial score (nSPS) is 19.6. The number of rotatable bonds is 6. The SMILES string of the molecule is CN(C)C1CCN(CC(=O)N(c2ccccc2)C2CCN(C(=O)c3ccc(C(F)(F)F)cc3)CC2)C1. The number of nitrogens with zero attached hydrogens (tertiary/aromatic N) is 4. The van der Waals surface area contributed by atoms with Gasteiger partial charge in [-0.3, -0.25) is 14.5 Å². The molecule has 194 valence electrons. The van der Waals surface area contributed by atoms with Crippen LogP contribution in [0.4, 0.5) is 18.9 Å². The van der Waals surface area contributed by atoms with Gasteiger partial charge in [0.15, 0.2) is 0 Å². The van der Waals surface area contributed by atoms with E-state index in [9.17, 15) is 22.8 Å². The zero-order chi connectivity index (χ0) is 25.9. The molecule has 1 atom stereocenters. The predicted molar refractivity (Wildman–Crippen MR) is 133 cm³/mol. The molecule has 2 amide bonds. The van der Waals surface area contributed by atoms with E-state index in [-0.39, 0.29) is 23.4 Å². The molecule has 2 heterocycles. The maximum atomic E-state index is 13.5. The lowest BCUT2D eigenvalue weighted by Gasteiger charge is -2.39. The Balaban J connectivity index is 1.41. The van der Waals surface area contributed by atoms with Crippen LogP contribution in [0.15, 0.2) is 54.6 Å². The average molecular weight is 503 g/mol. The van der Waals surface area contributed by atoms with Crippen molar-refractivity contribution in [2.45, 2.75) is 37.5 Å². The lowest BCUT2D eigenvalue weighted by Crippen LogP contribution is -2.51. The Morgan fingerprint density at radius 2 is 1.50 bits per heavy atom. The fraction of sp³-hybridized carbons (Fsp3) is 0.481. The van der Waals surface area contributed by atoms with Crippen molar-refractivity contribution in [1.29, 1.82) is 0 Å². The molecule has 6 nitrogen and oxygen atoms in total. The fourth-order valence-corrected chi connectivity index (χ4v) is 5.10. The largest absolute Gasteiger partial charge is 0.416 e. The molecule has 0 bridgehead atoms. The molecule has 0 aliphatic carbocycles. The molecule has 9 heteroatoms. The molecule has 2 fully saturated rings. The number of alkyl halides is 3. The molecule has 36 heavy (non-hydrogen) atoms. The van der Waals surface area contributed by atoms with Gasteiger partial charge in [0, 0.05) is 49.5 Å². The quantitative estimate of drug-likeness (QED) is 0.600. The van der Waals surface area contributed by atoms with Crippen molar-refractivity contribution in [1.82, 2.24) is 14.7 Å². The lowest BCUT2D eigenvalue weighted by molar-refractivity contribution is -0.137. The van der Waals surface area contributed by atoms with Crippen molar-refractivity contribution in [3.05, 3.63) is 65.7 Å². The number of hydrogen-bond donors (Lipinski definition) is 0. The first-order chi connectivity index (χ1) is 17.1. The van der Waals surface area contributed by atoms with Gasteiger partial charge in [0.1, 0.15) is 0 Å². The van der Waals surface area contributed by atoms with Crippen LogP contribution in [-0.4, -0.2) is 85.4 Å². The summed E-state index contributed by atoms with van der Waals surface area (Å²) in [5.74, 6) is -0.236. The molecular formula is C27H33F3N4O2. The molecule has 2 aromatic rings. The first-order valence-corrected chi connectivity index (χ1v) is 12.4. The van der Waals surface area contributed by atoms with E-state index in [2.05, 4.69) is 23.9 Å². The first kappa shape index (κ1) is 26.2. The second-order valence-corrected chi connectivity index (χ2v) is 9.84. The molecule has 0 spiro atoms. The predicted octanol–water partition coefficient (Wildman–Crippen LogP) is 3.98. The molecule has 0 radical (unpaired) electrons. The zero-order valence-electron chi connectivity index (χ0n) is 20.7. The summed E-state index contributed by atoms with van der Waals surface area (Å²) in [5, 5.41) is 0. The molecule has 2 aliphatic rings. The van der Waals surface area contributed by atoms with Crippen LogP contribution in [0.5, 0.6) is 0 Å². The Labute approximate surface area is 210 Å². The smallest absolute Gasteiger partial charge is 0.338 e. The van der Waals surface area contributed by atoms with Crippen molar-refractivity contribution in [2.75, 3.05) is 51.7 Å². The highest BCUT2D eigenvalue weighted by molar-refractivity contribution is 5.96. The highest BCUT2D eigenvalue weighted by Crippen LogP contribution is 2.30. The zero-order valence-corrected chi connectivity index (χ0v) is 20.7. The van der Waals surface area contributed by atoms with E-state index >= 15 is 0 Å². The van der Waals surface area contributed by atoms with Gasteiger partial charge in [-0.05, 0) is 69.8 Å². The number of piperidine rings is 1. The Hall–Kier alpha value is -2.91. The van der Waals surface area contributed by atoms with Crippen LogP contribution in [-0.2, 0) is 11.0 Å². The van der Waals surface area contributed by atoms with Gasteiger partial charge in [0.2, 0.25) is 5.91 Å². The molecule has 2 aliphatic heterocycles. The number of anilines is 1. The van der Waals surface area contributed by atoms with Crippen molar-refractivity contribution >= 4 is 17.5 Å². The average Bonchev–Trinajstić information content (AvgIpc) is 3.33. The minimum atomic E-state index is -4.43. The number of benzene rings is 2. The van der Waals surface area contributed by atoms with Crippen LogP contribution < -0.4 is 4.90 Å². The van der Waals surface area contributed by atoms with E-state index < -0.39 is 11.7 Å². The van der Waals surface area contributed by atoms with E-state index in [1.54, 1.807) is 4.90 Å². The molecular weight excluding hydrogens is 469 g/mol. The summed E-state index contributed by atoms with van der Waals surface area (Å²) >= 11 is 0. The highest BCUT2D eigenvalue weighted by atomic mass is 19.4. The molecule has 2 aromatic carbocycles. The van der Waals surface area contributed by atoms with Crippen molar-refractivity contribution in [2.24, 2.45) is 0 Å². The van der Waals surface area contributed by atoms with Gasteiger partial charge in [-0.25, -0.2) is 0 Å². The standard InChI is InChI=1S/C27H33F3N4O2/c1-31(2)24-12-15-32(18-24)19-25(35)34(22-6-4-3-5-7-22)23-13-16-33(17-14-23)26(36)20-8-10-21(11-9-20)27(28,29)30/h3-11,23-24H,12-19H2,1-2H3. The van der Waals surface area contributed by atoms with Crippen LogP contribution >= 0.6 is 0 Å². The van der Waals surface area contributed by atoms with Crippen molar-refractivity contribution in [3.8, 4) is 0 Å². The summed E-state index contributed by atoms with van der Waals surface area (Å²) in [6, 6.07) is 14.3. The summed E-state index contributed by atoms with van der Waals surface area (Å²) in [4.78, 5) is 34.4. The van der Waals surface area contributed by atoms with Gasteiger partial charge >= 0.3 is 6.18 Å². The number of amides is 2. The number of likely N-dealkylation sites (tertiary alicyclic amines) is 2. The van der Waals surface area contributed by atoms with Crippen molar-refractivity contribution < 1.29 is 22.8 Å². The number of carbonyl (C=O) groups is 2. The third-order valence-corrected chi connectivity index (χ3v) is 7.22. The van der Waals surface area contributed by atoms with Crippen LogP contribution in [0.2, 0.25) is 0 Å². The fourth-order valence-electron chi connectivity index (χ4n) is 5.10. The molecule has 0 N–H and O–H groups in total. The molecule has 4 rings (SSSR count). The number of carbonyl (C=O) groups excluding carboxylic acids is 2. The van der Waals surface area contributed by atoms with E-state index in [0.29, 0.717) is 38.5 Å². The maximum absolute atomic E-state index is 13.5. The van der Waals surface area contributed by atoms with E-state index in [0.717, 1.165) is 37.3 Å². The molecule has 1 unspecified atom stereocenters. The third kappa shape index (κ3) is 6.07. The third-order valence-electron chi connectivity index (χ3n) is 7.22. The minimum Gasteiger partial charge on any atom is -0.338 e. The summed E-state index contributed by atoms with van der Waals surface area (Å²) < 4.78 is 38.5. The maximum Gasteiger partial charge on any atom is 0.416 e. The summed E-state index contributed by atoms with van der Waals surface area (Å²) in [6.07, 6.45) is -2.19. The van der Waals surface area contributed by atoms with Crippen LogP contribution in [0, 0.1) is 0 Å². The van der Waals surface area contributed by atoms with Gasteiger partial charge in [-0.2, -0.15) is 13.2 Å². The second kappa shape index (κ2) is 11.0. The molecule has 2 saturated heterocycles. The van der Waals surface area contributed by atoms with Crippen LogP contribution in [0.3, 0.4) is 0 Å². The minimum absolute atomic E-state index is 0.0492. The first-order valence-electron chi connectivity index (χ1n) is 12.4. The van der Waals surface area contributed by atoms with E-state index in [1.165, 1.54) is 12.1 Å². The number of likely N-dealkylation sites (N-methyl/N-ethyl adjacent to an activating group) is 1. The topological polar surface area (TPSA) is 47.1 Å². The van der Waals surface area contributed by atoms with Gasteiger partial charge in [0.25, 0.3) is 5.91 Å². The van der Waals surface area contributed by atoms with Crippen LogP contribution in [0.1, 0.15) is 35.2 Å². The van der Waals surface area contributed by atoms with E-state index in [1.807, 2.05) is 35.2 Å². The van der Waals surface area contributed by atoms with Crippen LogP contribution in [0.25, 0.3) is 0 Å². The Morgan fingerprint density at radius 3 is 2.06 bits per heavy atom. The van der Waals surface area contributed by atoms with Crippen molar-refractivity contribution in [3.63, 3.8) is 0 Å². The number of halogens is 3. The van der Waals surface area contributed by atoms with Gasteiger partial charge < -0.3 is 14.7 Å². The van der Waals surface area contributed by atoms with Gasteiger partial charge in [0.05, 0.1) is 12.1 Å². The van der Waals surface area contributed by atoms with Gasteiger partial charge in [-0.1, -0.05) is 18.2 Å². The summed E-state index contributed by atoms with van der Waals surface area (Å²) in [6.45, 7) is 2.98. The second-order valence-electron chi connectivity index (χ2n) is 9.84. The van der Waals surface area contributed by atoms with Gasteiger partial charge in [-0.15, -0.1) is 0 Å². The lowest BCUT2D eigenvalue weighted by atomic mass is 10.0. The van der Waals surface area contributed by atoms with E-state index in [4.69, 9.17) is 0 Å². The Bertz CT molecular complexity index is 1040. The highest BCUT2D eigenvalue weighted by Gasteiger charge is 2.34. The molecule has 0 aromatic heterocycles. The molecule has 0 saturated carbocycles. The Kier molecular flexibility index (Phi) is 8.00. The number of para-hydroxylation sites is 1. The summed E-state index contributed by atoms with van der Waals surface area (Å²) in [5.41, 5.74) is 0.310. The Morgan fingerprint density at radius 1 is 0.889 bits per heavy atom. The number of hydrogen-bond acceptors (Lipinski definition) is 4. The summed E-state index contributed by atoms with van der Waals surface area (Å²) in [7, 11) is 4.12.